The van der Waals surface area contributed by atoms with Crippen molar-refractivity contribution < 1.29 is 33.8 Å². The SMILES string of the molecule is Cc1cccc(C(=O)O[C@H](C(=O)Nc2ccc(Br)cc2Cl)[C@@H](OC(=O)c2cccc(C)c2)C(=O)O)c1. The lowest BCUT2D eigenvalue weighted by Crippen LogP contribution is -2.48. The van der Waals surface area contributed by atoms with Crippen LogP contribution < -0.4 is 5.32 Å². The summed E-state index contributed by atoms with van der Waals surface area (Å²) in [5.41, 5.74) is 1.77. The van der Waals surface area contributed by atoms with Crippen LogP contribution in [-0.2, 0) is 19.1 Å². The van der Waals surface area contributed by atoms with Gasteiger partial charge in [-0.15, -0.1) is 0 Å². The quantitative estimate of drug-likeness (QED) is 0.355. The van der Waals surface area contributed by atoms with Gasteiger partial charge in [0.2, 0.25) is 12.2 Å². The van der Waals surface area contributed by atoms with Crippen molar-refractivity contribution in [2.45, 2.75) is 26.1 Å². The number of hydrogen-bond acceptors (Lipinski definition) is 6. The summed E-state index contributed by atoms with van der Waals surface area (Å²) in [5, 5.41) is 12.4. The maximum atomic E-state index is 13.2. The molecule has 0 radical (unpaired) electrons. The molecule has 10 heteroatoms. The molecule has 3 rings (SSSR count). The van der Waals surface area contributed by atoms with Crippen molar-refractivity contribution >= 4 is 57.0 Å². The third-order valence-electron chi connectivity index (χ3n) is 4.94. The molecule has 1 amide bonds. The summed E-state index contributed by atoms with van der Waals surface area (Å²) in [7, 11) is 0. The first-order valence-electron chi connectivity index (χ1n) is 10.6. The Kier molecular flexibility index (Phi) is 8.84. The van der Waals surface area contributed by atoms with E-state index in [1.54, 1.807) is 44.2 Å². The molecule has 36 heavy (non-hydrogen) atoms. The molecule has 0 saturated heterocycles. The van der Waals surface area contributed by atoms with Gasteiger partial charge in [-0.25, -0.2) is 14.4 Å². The third kappa shape index (κ3) is 6.93. The van der Waals surface area contributed by atoms with Crippen molar-refractivity contribution in [1.82, 2.24) is 0 Å². The Hall–Kier alpha value is -3.69. The zero-order valence-electron chi connectivity index (χ0n) is 19.2. The molecule has 3 aromatic rings. The van der Waals surface area contributed by atoms with Crippen molar-refractivity contribution in [3.8, 4) is 0 Å². The molecule has 186 valence electrons. The summed E-state index contributed by atoms with van der Waals surface area (Å²) in [5.74, 6) is -4.71. The largest absolute Gasteiger partial charge is 0.478 e. The van der Waals surface area contributed by atoms with Gasteiger partial charge in [0, 0.05) is 4.47 Å². The van der Waals surface area contributed by atoms with E-state index in [4.69, 9.17) is 21.1 Å². The first-order chi connectivity index (χ1) is 17.0. The summed E-state index contributed by atoms with van der Waals surface area (Å²) < 4.78 is 11.1. The van der Waals surface area contributed by atoms with Crippen LogP contribution in [0.2, 0.25) is 5.02 Å². The summed E-state index contributed by atoms with van der Waals surface area (Å²) in [6.07, 6.45) is -4.19. The average molecular weight is 575 g/mol. The van der Waals surface area contributed by atoms with Crippen LogP contribution in [-0.4, -0.2) is 41.1 Å². The molecule has 0 heterocycles. The van der Waals surface area contributed by atoms with E-state index < -0.39 is 36.0 Å². The van der Waals surface area contributed by atoms with Gasteiger partial charge < -0.3 is 19.9 Å². The van der Waals surface area contributed by atoms with Gasteiger partial charge >= 0.3 is 17.9 Å². The number of carboxylic acid groups (broad SMARTS) is 1. The minimum atomic E-state index is -2.15. The molecule has 2 N–H and O–H groups in total. The molecule has 0 aliphatic heterocycles. The molecule has 0 bridgehead atoms. The Morgan fingerprint density at radius 2 is 1.36 bits per heavy atom. The van der Waals surface area contributed by atoms with Gasteiger partial charge in [0.1, 0.15) is 0 Å². The van der Waals surface area contributed by atoms with E-state index in [0.717, 1.165) is 11.1 Å². The summed E-state index contributed by atoms with van der Waals surface area (Å²) in [6.45, 7) is 3.49. The first-order valence-corrected chi connectivity index (χ1v) is 11.8. The highest BCUT2D eigenvalue weighted by Crippen LogP contribution is 2.26. The standard InChI is InChI=1S/C26H21BrClNO7/c1-14-5-3-7-16(11-14)25(33)35-21(23(30)29-20-10-9-18(27)13-19(20)28)22(24(31)32)36-26(34)17-8-4-6-15(2)12-17/h3-13,21-22H,1-2H3,(H,29,30)(H,31,32)/t21-,22+/m0/s1. The highest BCUT2D eigenvalue weighted by atomic mass is 79.9. The summed E-state index contributed by atoms with van der Waals surface area (Å²) >= 11 is 9.42. The van der Waals surface area contributed by atoms with Gasteiger partial charge in [-0.3, -0.25) is 4.79 Å². The van der Waals surface area contributed by atoms with E-state index in [2.05, 4.69) is 21.2 Å². The lowest BCUT2D eigenvalue weighted by molar-refractivity contribution is -0.157. The lowest BCUT2D eigenvalue weighted by Gasteiger charge is -2.24. The molecular weight excluding hydrogens is 554 g/mol. The van der Waals surface area contributed by atoms with E-state index in [9.17, 15) is 24.3 Å². The topological polar surface area (TPSA) is 119 Å². The second kappa shape index (κ2) is 11.8. The van der Waals surface area contributed by atoms with Crippen LogP contribution >= 0.6 is 27.5 Å². The number of anilines is 1. The number of carbonyl (C=O) groups is 4. The van der Waals surface area contributed by atoms with E-state index in [-0.39, 0.29) is 21.8 Å². The van der Waals surface area contributed by atoms with Crippen LogP contribution in [0.15, 0.2) is 71.2 Å². The fraction of sp³-hybridized carbons (Fsp3) is 0.154. The number of carboxylic acids is 1. The van der Waals surface area contributed by atoms with Crippen molar-refractivity contribution in [3.05, 3.63) is 98.5 Å². The highest BCUT2D eigenvalue weighted by molar-refractivity contribution is 9.10. The number of halogens is 2. The number of aryl methyl sites for hydroxylation is 2. The Bertz CT molecular complexity index is 1330. The monoisotopic (exact) mass is 573 g/mol. The second-order valence-corrected chi connectivity index (χ2v) is 9.17. The summed E-state index contributed by atoms with van der Waals surface area (Å²) in [6, 6.07) is 17.2. The first kappa shape index (κ1) is 26.9. The molecule has 0 saturated carbocycles. The van der Waals surface area contributed by atoms with Crippen LogP contribution in [0.3, 0.4) is 0 Å². The molecule has 0 fully saturated rings. The maximum absolute atomic E-state index is 13.2. The number of aliphatic carboxylic acids is 1. The number of ether oxygens (including phenoxy) is 2. The molecule has 0 unspecified atom stereocenters. The normalized spacial score (nSPS) is 12.2. The Labute approximate surface area is 220 Å². The van der Waals surface area contributed by atoms with Gasteiger partial charge in [0.05, 0.1) is 21.8 Å². The summed E-state index contributed by atoms with van der Waals surface area (Å²) in [4.78, 5) is 50.9. The van der Waals surface area contributed by atoms with Crippen LogP contribution in [0.1, 0.15) is 31.8 Å². The smallest absolute Gasteiger partial charge is 0.349 e. The molecule has 2 atom stereocenters. The molecular formula is C26H21BrClNO7. The molecule has 0 aliphatic carbocycles. The van der Waals surface area contributed by atoms with Crippen LogP contribution in [0.5, 0.6) is 0 Å². The minimum absolute atomic E-state index is 0.0707. The van der Waals surface area contributed by atoms with Crippen LogP contribution in [0, 0.1) is 13.8 Å². The zero-order valence-corrected chi connectivity index (χ0v) is 21.5. The Morgan fingerprint density at radius 3 is 1.83 bits per heavy atom. The minimum Gasteiger partial charge on any atom is -0.478 e. The molecule has 0 aromatic heterocycles. The van der Waals surface area contributed by atoms with Gasteiger partial charge in [0.15, 0.2) is 0 Å². The van der Waals surface area contributed by atoms with E-state index in [1.165, 1.54) is 36.4 Å². The molecule has 0 aliphatic rings. The Balaban J connectivity index is 1.94. The van der Waals surface area contributed by atoms with Crippen LogP contribution in [0.25, 0.3) is 0 Å². The fourth-order valence-electron chi connectivity index (χ4n) is 3.20. The van der Waals surface area contributed by atoms with Crippen molar-refractivity contribution in [2.24, 2.45) is 0 Å². The van der Waals surface area contributed by atoms with E-state index >= 15 is 0 Å². The van der Waals surface area contributed by atoms with Crippen molar-refractivity contribution in [2.75, 3.05) is 5.32 Å². The van der Waals surface area contributed by atoms with E-state index in [0.29, 0.717) is 4.47 Å². The second-order valence-electron chi connectivity index (χ2n) is 7.84. The van der Waals surface area contributed by atoms with Crippen molar-refractivity contribution in [3.63, 3.8) is 0 Å². The van der Waals surface area contributed by atoms with Gasteiger partial charge in [-0.1, -0.05) is 62.9 Å². The number of amides is 1. The van der Waals surface area contributed by atoms with Crippen LogP contribution in [0.4, 0.5) is 5.69 Å². The predicted octanol–water partition coefficient (Wildman–Crippen LogP) is 5.19. The number of benzene rings is 3. The van der Waals surface area contributed by atoms with E-state index in [1.807, 2.05) is 0 Å². The van der Waals surface area contributed by atoms with Gasteiger partial charge in [-0.2, -0.15) is 0 Å². The predicted molar refractivity (Wildman–Crippen MR) is 136 cm³/mol. The number of esters is 2. The number of carbonyl (C=O) groups excluding carboxylic acids is 3. The molecule has 3 aromatic carbocycles. The zero-order chi connectivity index (χ0) is 26.4. The average Bonchev–Trinajstić information content (AvgIpc) is 2.82. The molecule has 0 spiro atoms. The van der Waals surface area contributed by atoms with Gasteiger partial charge in [-0.05, 0) is 56.3 Å². The highest BCUT2D eigenvalue weighted by Gasteiger charge is 2.41. The lowest BCUT2D eigenvalue weighted by atomic mass is 10.1. The third-order valence-corrected chi connectivity index (χ3v) is 5.75. The fourth-order valence-corrected chi connectivity index (χ4v) is 3.92. The van der Waals surface area contributed by atoms with Gasteiger partial charge in [0.25, 0.3) is 5.91 Å². The maximum Gasteiger partial charge on any atom is 0.349 e. The Morgan fingerprint density at radius 1 is 0.833 bits per heavy atom. The van der Waals surface area contributed by atoms with Crippen molar-refractivity contribution in [1.29, 1.82) is 0 Å². The number of hydrogen-bond donors (Lipinski definition) is 2. The number of rotatable bonds is 8. The number of nitrogens with one attached hydrogen (secondary N) is 1. The molecule has 8 nitrogen and oxygen atoms in total.